The molecule has 4 rings (SSSR count). The van der Waals surface area contributed by atoms with Crippen molar-refractivity contribution in [1.29, 1.82) is 0 Å². The van der Waals surface area contributed by atoms with E-state index in [1.807, 2.05) is 0 Å². The number of hydrogen-bond donors (Lipinski definition) is 2. The SMILES string of the molecule is COc1ccc(C2=NC3=CC(C(=O)N4CCC(O)CC4)NN3C(C(F)(F)F)=C2)cc1. The number of ether oxygens (including phenoxy) is 1. The number of methoxy groups -OCH3 is 1. The van der Waals surface area contributed by atoms with Gasteiger partial charge in [0.25, 0.3) is 0 Å². The topological polar surface area (TPSA) is 77.4 Å². The summed E-state index contributed by atoms with van der Waals surface area (Å²) in [5.41, 5.74) is 2.31. The number of carbonyl (C=O) groups is 1. The Balaban J connectivity index is 1.63. The fourth-order valence-electron chi connectivity index (χ4n) is 3.62. The molecule has 160 valence electrons. The smallest absolute Gasteiger partial charge is 0.433 e. The standard InChI is InChI=1S/C20H21F3N4O3/c1-30-14-4-2-12(3-5-14)15-10-17(20(21,22)23)27-18(24-15)11-16(25-27)19(29)26-8-6-13(28)7-9-26/h2-5,10-11,13,16,25,28H,6-9H2,1H3. The first kappa shape index (κ1) is 20.4. The van der Waals surface area contributed by atoms with Gasteiger partial charge in [-0.15, -0.1) is 0 Å². The van der Waals surface area contributed by atoms with E-state index in [-0.39, 0.29) is 17.4 Å². The van der Waals surface area contributed by atoms with E-state index in [4.69, 9.17) is 4.74 Å². The Morgan fingerprint density at radius 3 is 2.50 bits per heavy atom. The van der Waals surface area contributed by atoms with Crippen LogP contribution in [0.1, 0.15) is 18.4 Å². The van der Waals surface area contributed by atoms with Gasteiger partial charge < -0.3 is 14.7 Å². The number of halogens is 3. The lowest BCUT2D eigenvalue weighted by Gasteiger charge is -2.32. The van der Waals surface area contributed by atoms with Gasteiger partial charge in [-0.3, -0.25) is 9.80 Å². The highest BCUT2D eigenvalue weighted by molar-refractivity contribution is 6.10. The van der Waals surface area contributed by atoms with E-state index < -0.39 is 24.0 Å². The highest BCUT2D eigenvalue weighted by atomic mass is 19.4. The minimum absolute atomic E-state index is 0.0195. The fourth-order valence-corrected chi connectivity index (χ4v) is 3.62. The van der Waals surface area contributed by atoms with Crippen molar-refractivity contribution >= 4 is 11.6 Å². The zero-order chi connectivity index (χ0) is 21.5. The van der Waals surface area contributed by atoms with Crippen LogP contribution in [0, 0.1) is 0 Å². The van der Waals surface area contributed by atoms with Gasteiger partial charge in [0.05, 0.1) is 18.9 Å². The number of hydrazine groups is 1. The minimum Gasteiger partial charge on any atom is -0.497 e. The van der Waals surface area contributed by atoms with Gasteiger partial charge in [0.15, 0.2) is 0 Å². The molecule has 1 saturated heterocycles. The van der Waals surface area contributed by atoms with Crippen molar-refractivity contribution in [2.45, 2.75) is 31.2 Å². The molecule has 1 aromatic carbocycles. The quantitative estimate of drug-likeness (QED) is 0.779. The van der Waals surface area contributed by atoms with E-state index in [1.54, 1.807) is 29.2 Å². The molecular weight excluding hydrogens is 401 g/mol. The average Bonchev–Trinajstić information content (AvgIpc) is 3.16. The molecule has 1 atom stereocenters. The van der Waals surface area contributed by atoms with Crippen LogP contribution in [0.3, 0.4) is 0 Å². The van der Waals surface area contributed by atoms with Crippen molar-refractivity contribution in [3.63, 3.8) is 0 Å². The van der Waals surface area contributed by atoms with E-state index in [2.05, 4.69) is 10.4 Å². The van der Waals surface area contributed by atoms with Crippen molar-refractivity contribution in [2.75, 3.05) is 20.2 Å². The van der Waals surface area contributed by atoms with Gasteiger partial charge in [0, 0.05) is 18.7 Å². The minimum atomic E-state index is -4.65. The number of rotatable bonds is 3. The van der Waals surface area contributed by atoms with E-state index in [0.29, 0.717) is 37.2 Å². The number of aliphatic hydroxyl groups excluding tert-OH is 1. The number of piperidine rings is 1. The molecule has 10 heteroatoms. The third-order valence-corrected chi connectivity index (χ3v) is 5.28. The number of allylic oxidation sites excluding steroid dienone is 2. The molecule has 0 radical (unpaired) electrons. The summed E-state index contributed by atoms with van der Waals surface area (Å²) in [5.74, 6) is 0.258. The summed E-state index contributed by atoms with van der Waals surface area (Å²) >= 11 is 0. The van der Waals surface area contributed by atoms with E-state index in [1.165, 1.54) is 13.2 Å². The largest absolute Gasteiger partial charge is 0.497 e. The molecule has 3 aliphatic heterocycles. The highest BCUT2D eigenvalue weighted by Gasteiger charge is 2.45. The van der Waals surface area contributed by atoms with Crippen molar-refractivity contribution in [2.24, 2.45) is 4.99 Å². The predicted molar refractivity (Wildman–Crippen MR) is 102 cm³/mol. The van der Waals surface area contributed by atoms with Crippen molar-refractivity contribution in [1.82, 2.24) is 15.3 Å². The number of benzene rings is 1. The maximum Gasteiger partial charge on any atom is 0.433 e. The molecule has 0 spiro atoms. The Kier molecular flexibility index (Phi) is 5.29. The van der Waals surface area contributed by atoms with E-state index in [9.17, 15) is 23.1 Å². The molecule has 1 fully saturated rings. The second-order valence-electron chi connectivity index (χ2n) is 7.28. The molecule has 0 aromatic heterocycles. The number of carbonyl (C=O) groups excluding carboxylic acids is 1. The number of nitrogens with zero attached hydrogens (tertiary/aromatic N) is 3. The molecule has 2 N–H and O–H groups in total. The number of fused-ring (bicyclic) bond motifs is 1. The van der Waals surface area contributed by atoms with Crippen molar-refractivity contribution < 1.29 is 27.8 Å². The third-order valence-electron chi connectivity index (χ3n) is 5.28. The van der Waals surface area contributed by atoms with Crippen LogP contribution in [0.25, 0.3) is 0 Å². The summed E-state index contributed by atoms with van der Waals surface area (Å²) in [6.07, 6.45) is -1.84. The zero-order valence-corrected chi connectivity index (χ0v) is 16.2. The fraction of sp³-hybridized carbons (Fsp3) is 0.400. The van der Waals surface area contributed by atoms with Gasteiger partial charge in [0.1, 0.15) is 23.3 Å². The number of aliphatic imine (C=N–C) groups is 1. The van der Waals surface area contributed by atoms with Crippen molar-refractivity contribution in [3.8, 4) is 5.75 Å². The van der Waals surface area contributed by atoms with Crippen LogP contribution in [0.15, 0.2) is 52.9 Å². The molecule has 0 aliphatic carbocycles. The van der Waals surface area contributed by atoms with Gasteiger partial charge in [-0.05, 0) is 49.3 Å². The first-order chi connectivity index (χ1) is 14.3. The van der Waals surface area contributed by atoms with Crippen LogP contribution in [0.5, 0.6) is 5.75 Å². The van der Waals surface area contributed by atoms with E-state index >= 15 is 0 Å². The first-order valence-electron chi connectivity index (χ1n) is 9.53. The molecule has 1 unspecified atom stereocenters. The van der Waals surface area contributed by atoms with Crippen LogP contribution in [0.4, 0.5) is 13.2 Å². The molecule has 1 aromatic rings. The monoisotopic (exact) mass is 422 g/mol. The second kappa shape index (κ2) is 7.77. The van der Waals surface area contributed by atoms with Crippen LogP contribution < -0.4 is 10.2 Å². The van der Waals surface area contributed by atoms with Gasteiger partial charge in [-0.2, -0.15) is 13.2 Å². The molecule has 3 aliphatic rings. The number of aliphatic hydroxyl groups is 1. The summed E-state index contributed by atoms with van der Waals surface area (Å²) in [4.78, 5) is 18.7. The van der Waals surface area contributed by atoms with Gasteiger partial charge in [-0.1, -0.05) is 0 Å². The third kappa shape index (κ3) is 3.92. The number of hydrogen-bond acceptors (Lipinski definition) is 6. The predicted octanol–water partition coefficient (Wildman–Crippen LogP) is 1.96. The van der Waals surface area contributed by atoms with Crippen LogP contribution in [-0.2, 0) is 4.79 Å². The first-order valence-corrected chi connectivity index (χ1v) is 9.53. The Hall–Kier alpha value is -2.85. The molecule has 3 heterocycles. The van der Waals surface area contributed by atoms with Crippen LogP contribution in [0.2, 0.25) is 0 Å². The molecule has 30 heavy (non-hydrogen) atoms. The summed E-state index contributed by atoms with van der Waals surface area (Å²) in [6.45, 7) is 0.730. The Morgan fingerprint density at radius 1 is 1.23 bits per heavy atom. The number of amides is 1. The van der Waals surface area contributed by atoms with Gasteiger partial charge >= 0.3 is 6.18 Å². The molecule has 7 nitrogen and oxygen atoms in total. The second-order valence-corrected chi connectivity index (χ2v) is 7.28. The Bertz CT molecular complexity index is 916. The number of likely N-dealkylation sites (tertiary alicyclic amines) is 1. The Labute approximate surface area is 171 Å². The van der Waals surface area contributed by atoms with Crippen molar-refractivity contribution in [3.05, 3.63) is 53.5 Å². The summed E-state index contributed by atoms with van der Waals surface area (Å²) in [5, 5.41) is 10.4. The molecule has 0 saturated carbocycles. The zero-order valence-electron chi connectivity index (χ0n) is 16.2. The van der Waals surface area contributed by atoms with Crippen LogP contribution >= 0.6 is 0 Å². The Morgan fingerprint density at radius 2 is 1.90 bits per heavy atom. The molecule has 1 amide bonds. The van der Waals surface area contributed by atoms with Crippen LogP contribution in [-0.4, -0.2) is 65.2 Å². The summed E-state index contributed by atoms with van der Waals surface area (Å²) < 4.78 is 46.3. The van der Waals surface area contributed by atoms with Gasteiger partial charge in [-0.25, -0.2) is 10.4 Å². The normalized spacial score (nSPS) is 22.3. The lowest BCUT2D eigenvalue weighted by molar-refractivity contribution is -0.136. The molecule has 0 bridgehead atoms. The van der Waals surface area contributed by atoms with E-state index in [0.717, 1.165) is 11.1 Å². The highest BCUT2D eigenvalue weighted by Crippen LogP contribution is 2.36. The van der Waals surface area contributed by atoms with Gasteiger partial charge in [0.2, 0.25) is 5.91 Å². The summed E-state index contributed by atoms with van der Waals surface area (Å²) in [7, 11) is 1.50. The number of alkyl halides is 3. The molecular formula is C20H21F3N4O3. The maximum atomic E-state index is 13.7. The average molecular weight is 422 g/mol. The maximum absolute atomic E-state index is 13.7. The number of nitrogens with one attached hydrogen (secondary N) is 1. The summed E-state index contributed by atoms with van der Waals surface area (Å²) in [6, 6.07) is 5.58. The lowest BCUT2D eigenvalue weighted by atomic mass is 10.1. The lowest BCUT2D eigenvalue weighted by Crippen LogP contribution is -2.51.